The summed E-state index contributed by atoms with van der Waals surface area (Å²) >= 11 is 6.79. The van der Waals surface area contributed by atoms with Crippen LogP contribution in [0, 0.1) is 0 Å². The number of hydrogen-bond acceptors (Lipinski definition) is 2. The first kappa shape index (κ1) is 9.85. The van der Waals surface area contributed by atoms with E-state index < -0.39 is 5.97 Å². The average Bonchev–Trinajstić information content (AvgIpc) is 1.87. The van der Waals surface area contributed by atoms with Gasteiger partial charge in [-0.2, -0.15) is 11.8 Å². The van der Waals surface area contributed by atoms with Gasteiger partial charge in [-0.05, 0) is 0 Å². The van der Waals surface area contributed by atoms with E-state index in [0.29, 0.717) is 5.75 Å². The monoisotopic (exact) mass is 180 g/mol. The number of thioether (sulfide) groups is 1. The van der Waals surface area contributed by atoms with Crippen molar-refractivity contribution in [3.8, 4) is 0 Å². The Morgan fingerprint density at radius 3 is 2.90 bits per heavy atom. The fourth-order valence-electron chi connectivity index (χ4n) is 0.347. The van der Waals surface area contributed by atoms with E-state index in [2.05, 4.69) is 0 Å². The van der Waals surface area contributed by atoms with Crippen molar-refractivity contribution in [2.24, 2.45) is 0 Å². The highest BCUT2D eigenvalue weighted by molar-refractivity contribution is 7.99. The van der Waals surface area contributed by atoms with Crippen LogP contribution < -0.4 is 0 Å². The summed E-state index contributed by atoms with van der Waals surface area (Å²) < 4.78 is 0. The smallest absolute Gasteiger partial charge is 0.304 e. The molecule has 0 aliphatic heterocycles. The Hall–Kier alpha value is -0.150. The third kappa shape index (κ3) is 7.85. The fraction of sp³-hybridized carbons (Fsp3) is 0.500. The second-order valence-electron chi connectivity index (χ2n) is 1.58. The van der Waals surface area contributed by atoms with Crippen molar-refractivity contribution in [2.45, 2.75) is 6.42 Å². The zero-order valence-electron chi connectivity index (χ0n) is 5.42. The number of halogens is 1. The highest BCUT2D eigenvalue weighted by Crippen LogP contribution is 2.02. The molecular weight excluding hydrogens is 172 g/mol. The molecule has 0 fully saturated rings. The van der Waals surface area contributed by atoms with Gasteiger partial charge in [-0.3, -0.25) is 4.79 Å². The van der Waals surface area contributed by atoms with Gasteiger partial charge in [-0.25, -0.2) is 0 Å². The minimum atomic E-state index is -0.748. The average molecular weight is 181 g/mol. The Bertz CT molecular complexity index is 125. The van der Waals surface area contributed by atoms with Crippen LogP contribution in [0.3, 0.4) is 0 Å². The van der Waals surface area contributed by atoms with Crippen LogP contribution in [0.25, 0.3) is 0 Å². The summed E-state index contributed by atoms with van der Waals surface area (Å²) in [7, 11) is 0. The molecule has 0 aromatic carbocycles. The molecule has 0 saturated carbocycles. The standard InChI is InChI=1S/C6H9ClO2S/c7-3-1-4-10-5-2-6(8)9/h1,3H,2,4-5H2,(H,8,9)/b3-1+. The molecule has 58 valence electrons. The molecule has 2 nitrogen and oxygen atoms in total. The van der Waals surface area contributed by atoms with E-state index >= 15 is 0 Å². The lowest BCUT2D eigenvalue weighted by atomic mass is 10.5. The molecule has 4 heteroatoms. The van der Waals surface area contributed by atoms with Crippen LogP contribution in [-0.2, 0) is 4.79 Å². The zero-order chi connectivity index (χ0) is 7.82. The number of hydrogen-bond donors (Lipinski definition) is 1. The molecule has 0 unspecified atom stereocenters. The summed E-state index contributed by atoms with van der Waals surface area (Å²) in [5.41, 5.74) is 1.44. The minimum Gasteiger partial charge on any atom is -0.481 e. The molecule has 0 aliphatic rings. The van der Waals surface area contributed by atoms with E-state index in [4.69, 9.17) is 16.7 Å². The summed E-state index contributed by atoms with van der Waals surface area (Å²) in [5, 5.41) is 8.21. The van der Waals surface area contributed by atoms with Crippen molar-refractivity contribution in [1.29, 1.82) is 0 Å². The lowest BCUT2D eigenvalue weighted by Gasteiger charge is -1.91. The largest absolute Gasteiger partial charge is 0.481 e. The minimum absolute atomic E-state index is 0.223. The molecule has 10 heavy (non-hydrogen) atoms. The third-order valence-corrected chi connectivity index (χ3v) is 1.86. The molecule has 1 N–H and O–H groups in total. The van der Waals surface area contributed by atoms with Crippen LogP contribution in [0.2, 0.25) is 0 Å². The maximum absolute atomic E-state index is 9.97. The van der Waals surface area contributed by atoms with Crippen LogP contribution in [0.15, 0.2) is 11.6 Å². The molecule has 0 aromatic heterocycles. The van der Waals surface area contributed by atoms with Crippen molar-refractivity contribution in [3.63, 3.8) is 0 Å². The van der Waals surface area contributed by atoms with Gasteiger partial charge in [0.2, 0.25) is 0 Å². The number of carbonyl (C=O) groups is 1. The molecule has 0 amide bonds. The molecule has 0 rings (SSSR count). The van der Waals surface area contributed by atoms with Gasteiger partial charge in [-0.15, -0.1) is 0 Å². The van der Waals surface area contributed by atoms with E-state index in [9.17, 15) is 4.79 Å². The predicted molar refractivity (Wildman–Crippen MR) is 44.6 cm³/mol. The molecule has 0 radical (unpaired) electrons. The normalized spacial score (nSPS) is 10.5. The molecule has 0 saturated heterocycles. The van der Waals surface area contributed by atoms with Gasteiger partial charge >= 0.3 is 5.97 Å². The summed E-state index contributed by atoms with van der Waals surface area (Å²) in [5.74, 6) is 0.690. The van der Waals surface area contributed by atoms with Crippen molar-refractivity contribution in [3.05, 3.63) is 11.6 Å². The van der Waals surface area contributed by atoms with Gasteiger partial charge in [0.25, 0.3) is 0 Å². The van der Waals surface area contributed by atoms with Gasteiger partial charge in [0, 0.05) is 17.0 Å². The Morgan fingerprint density at radius 1 is 1.70 bits per heavy atom. The SMILES string of the molecule is O=C(O)CCSC/C=C/Cl. The lowest BCUT2D eigenvalue weighted by Crippen LogP contribution is -1.95. The number of carboxylic acids is 1. The molecule has 0 spiro atoms. The maximum atomic E-state index is 9.97. The zero-order valence-corrected chi connectivity index (χ0v) is 6.99. The molecule has 0 bridgehead atoms. The second-order valence-corrected chi connectivity index (χ2v) is 2.98. The van der Waals surface area contributed by atoms with Crippen LogP contribution in [0.5, 0.6) is 0 Å². The number of carboxylic acid groups (broad SMARTS) is 1. The first-order chi connectivity index (χ1) is 4.77. The van der Waals surface area contributed by atoms with Crippen LogP contribution in [0.4, 0.5) is 0 Å². The first-order valence-electron chi connectivity index (χ1n) is 2.82. The molecular formula is C6H9ClO2S. The number of rotatable bonds is 5. The molecule has 0 aromatic rings. The predicted octanol–water partition coefficient (Wildman–Crippen LogP) is 1.95. The number of aliphatic carboxylic acids is 1. The van der Waals surface area contributed by atoms with E-state index in [1.165, 1.54) is 5.54 Å². The third-order valence-electron chi connectivity index (χ3n) is 0.763. The summed E-state index contributed by atoms with van der Waals surface area (Å²) in [6.45, 7) is 0. The Balaban J connectivity index is 2.98. The van der Waals surface area contributed by atoms with Gasteiger partial charge in [-0.1, -0.05) is 17.7 Å². The lowest BCUT2D eigenvalue weighted by molar-refractivity contribution is -0.136. The van der Waals surface area contributed by atoms with E-state index in [-0.39, 0.29) is 6.42 Å². The van der Waals surface area contributed by atoms with Crippen molar-refractivity contribution in [2.75, 3.05) is 11.5 Å². The molecule has 0 heterocycles. The van der Waals surface area contributed by atoms with Gasteiger partial charge in [0.05, 0.1) is 6.42 Å². The van der Waals surface area contributed by atoms with E-state index in [1.54, 1.807) is 17.8 Å². The Labute approximate surface area is 69.3 Å². The van der Waals surface area contributed by atoms with Crippen LogP contribution in [0.1, 0.15) is 6.42 Å². The Kier molecular flexibility index (Phi) is 6.86. The van der Waals surface area contributed by atoms with Crippen molar-refractivity contribution >= 4 is 29.3 Å². The summed E-state index contributed by atoms with van der Waals surface area (Å²) in [4.78, 5) is 9.97. The van der Waals surface area contributed by atoms with Gasteiger partial charge in [0.15, 0.2) is 0 Å². The molecule has 0 aliphatic carbocycles. The summed E-state index contributed by atoms with van der Waals surface area (Å²) in [6, 6.07) is 0. The highest BCUT2D eigenvalue weighted by Gasteiger charge is 1.93. The van der Waals surface area contributed by atoms with Gasteiger partial charge < -0.3 is 5.11 Å². The van der Waals surface area contributed by atoms with Crippen molar-refractivity contribution in [1.82, 2.24) is 0 Å². The van der Waals surface area contributed by atoms with E-state index in [0.717, 1.165) is 5.75 Å². The quantitative estimate of drug-likeness (QED) is 0.658. The molecule has 0 atom stereocenters. The van der Waals surface area contributed by atoms with Gasteiger partial charge in [0.1, 0.15) is 0 Å². The fourth-order valence-corrected chi connectivity index (χ4v) is 1.26. The topological polar surface area (TPSA) is 37.3 Å². The first-order valence-corrected chi connectivity index (χ1v) is 4.41. The van der Waals surface area contributed by atoms with E-state index in [1.807, 2.05) is 0 Å². The van der Waals surface area contributed by atoms with Crippen LogP contribution >= 0.6 is 23.4 Å². The van der Waals surface area contributed by atoms with Crippen LogP contribution in [-0.4, -0.2) is 22.6 Å². The highest BCUT2D eigenvalue weighted by atomic mass is 35.5. The van der Waals surface area contributed by atoms with Crippen molar-refractivity contribution < 1.29 is 9.90 Å². The summed E-state index contributed by atoms with van der Waals surface area (Å²) in [6.07, 6.45) is 2.01. The maximum Gasteiger partial charge on any atom is 0.304 e. The Morgan fingerprint density at radius 2 is 2.40 bits per heavy atom. The second kappa shape index (κ2) is 6.96.